The third-order valence-corrected chi connectivity index (χ3v) is 6.26. The third kappa shape index (κ3) is 5.05. The first-order valence-electron chi connectivity index (χ1n) is 11.3. The van der Waals surface area contributed by atoms with Gasteiger partial charge in [-0.25, -0.2) is 13.8 Å². The van der Waals surface area contributed by atoms with Crippen molar-refractivity contribution in [2.75, 3.05) is 30.9 Å². The highest BCUT2D eigenvalue weighted by molar-refractivity contribution is 5.94. The molecule has 2 N–H and O–H groups in total. The van der Waals surface area contributed by atoms with Gasteiger partial charge in [-0.3, -0.25) is 4.79 Å². The maximum atomic E-state index is 14.1. The summed E-state index contributed by atoms with van der Waals surface area (Å²) in [7, 11) is 3.93. The lowest BCUT2D eigenvalue weighted by Crippen LogP contribution is -2.34. The molecule has 1 fully saturated rings. The summed E-state index contributed by atoms with van der Waals surface area (Å²) in [6.07, 6.45) is 3.66. The van der Waals surface area contributed by atoms with E-state index in [-0.39, 0.29) is 17.2 Å². The molecule has 0 atom stereocenters. The number of para-hydroxylation sites is 1. The molecule has 1 aliphatic rings. The van der Waals surface area contributed by atoms with Gasteiger partial charge in [0.15, 0.2) is 11.6 Å². The number of anilines is 2. The normalized spacial score (nSPS) is 18.2. The van der Waals surface area contributed by atoms with Crippen molar-refractivity contribution in [3.05, 3.63) is 59.2 Å². The first kappa shape index (κ1) is 22.9. The van der Waals surface area contributed by atoms with Gasteiger partial charge in [0, 0.05) is 32.1 Å². The van der Waals surface area contributed by atoms with Gasteiger partial charge < -0.3 is 15.5 Å². The van der Waals surface area contributed by atoms with Crippen molar-refractivity contribution in [2.24, 2.45) is 5.92 Å². The molecular weight excluding hydrogens is 424 g/mol. The Morgan fingerprint density at radius 3 is 2.48 bits per heavy atom. The summed E-state index contributed by atoms with van der Waals surface area (Å²) in [4.78, 5) is 23.7. The molecule has 1 aromatic heterocycles. The fourth-order valence-corrected chi connectivity index (χ4v) is 4.31. The molecule has 8 heteroatoms. The van der Waals surface area contributed by atoms with Crippen molar-refractivity contribution in [3.8, 4) is 0 Å². The topological polar surface area (TPSA) is 70.2 Å². The number of hydrogen-bond acceptors (Lipinski definition) is 5. The number of carbonyl (C=O) groups excluding carboxylic acids is 1. The second-order valence-electron chi connectivity index (χ2n) is 8.91. The molecule has 1 amide bonds. The Bertz CT molecular complexity index is 1160. The number of fused-ring (bicyclic) bond motifs is 1. The van der Waals surface area contributed by atoms with Crippen molar-refractivity contribution in [1.29, 1.82) is 0 Å². The van der Waals surface area contributed by atoms with Crippen molar-refractivity contribution in [1.82, 2.24) is 15.3 Å². The van der Waals surface area contributed by atoms with Crippen LogP contribution in [0.4, 0.5) is 20.5 Å². The van der Waals surface area contributed by atoms with Crippen LogP contribution in [-0.2, 0) is 0 Å². The van der Waals surface area contributed by atoms with Gasteiger partial charge >= 0.3 is 0 Å². The average molecular weight is 454 g/mol. The predicted octanol–water partition coefficient (Wildman–Crippen LogP) is 4.68. The maximum Gasteiger partial charge on any atom is 0.254 e. The number of hydrogen-bond donors (Lipinski definition) is 2. The van der Waals surface area contributed by atoms with Crippen LogP contribution >= 0.6 is 0 Å². The van der Waals surface area contributed by atoms with Gasteiger partial charge in [0.05, 0.1) is 11.1 Å². The van der Waals surface area contributed by atoms with Crippen molar-refractivity contribution >= 4 is 28.6 Å². The average Bonchev–Trinajstić information content (AvgIpc) is 2.81. The van der Waals surface area contributed by atoms with Crippen LogP contribution in [0.25, 0.3) is 10.9 Å². The molecule has 1 aliphatic carbocycles. The zero-order valence-electron chi connectivity index (χ0n) is 19.2. The van der Waals surface area contributed by atoms with E-state index >= 15 is 0 Å². The Balaban J connectivity index is 1.32. The Labute approximate surface area is 192 Å². The molecule has 0 saturated heterocycles. The fraction of sp³-hybridized carbons (Fsp3) is 0.400. The van der Waals surface area contributed by atoms with Crippen LogP contribution in [0.2, 0.25) is 0 Å². The molecule has 1 heterocycles. The van der Waals surface area contributed by atoms with Gasteiger partial charge in [-0.2, -0.15) is 4.98 Å². The second kappa shape index (κ2) is 9.68. The zero-order chi connectivity index (χ0) is 23.5. The predicted molar refractivity (Wildman–Crippen MR) is 127 cm³/mol. The Kier molecular flexibility index (Phi) is 6.72. The minimum atomic E-state index is -1.09. The molecule has 3 aromatic rings. The number of benzene rings is 2. The number of amides is 1. The van der Waals surface area contributed by atoms with E-state index < -0.39 is 17.5 Å². The van der Waals surface area contributed by atoms with Crippen LogP contribution < -0.4 is 15.5 Å². The first-order chi connectivity index (χ1) is 15.8. The molecule has 0 aliphatic heterocycles. The molecule has 1 saturated carbocycles. The van der Waals surface area contributed by atoms with Crippen molar-refractivity contribution in [3.63, 3.8) is 0 Å². The molecule has 0 spiro atoms. The summed E-state index contributed by atoms with van der Waals surface area (Å²) < 4.78 is 27.8. The highest BCUT2D eigenvalue weighted by Gasteiger charge is 2.24. The highest BCUT2D eigenvalue weighted by Crippen LogP contribution is 2.28. The number of nitrogens with one attached hydrogen (secondary N) is 2. The van der Waals surface area contributed by atoms with Crippen LogP contribution in [0.1, 0.15) is 41.6 Å². The van der Waals surface area contributed by atoms with E-state index in [1.165, 1.54) is 19.1 Å². The van der Waals surface area contributed by atoms with Crippen molar-refractivity contribution < 1.29 is 13.6 Å². The van der Waals surface area contributed by atoms with E-state index in [1.807, 2.05) is 43.3 Å². The number of aryl methyl sites for hydroxylation is 1. The monoisotopic (exact) mass is 453 g/mol. The van der Waals surface area contributed by atoms with E-state index in [0.29, 0.717) is 18.4 Å². The van der Waals surface area contributed by atoms with E-state index in [2.05, 4.69) is 15.6 Å². The van der Waals surface area contributed by atoms with Gasteiger partial charge in [-0.15, -0.1) is 0 Å². The molecule has 0 unspecified atom stereocenters. The molecular formula is C25H29F2N5O. The van der Waals surface area contributed by atoms with Crippen LogP contribution in [0, 0.1) is 24.5 Å². The molecule has 4 rings (SSSR count). The highest BCUT2D eigenvalue weighted by atomic mass is 19.2. The van der Waals surface area contributed by atoms with Gasteiger partial charge in [0.1, 0.15) is 5.82 Å². The summed E-state index contributed by atoms with van der Waals surface area (Å²) in [6.45, 7) is 1.91. The molecule has 2 aromatic carbocycles. The van der Waals surface area contributed by atoms with Crippen LogP contribution in [0.15, 0.2) is 36.4 Å². The summed E-state index contributed by atoms with van der Waals surface area (Å²) in [5, 5.41) is 7.25. The quantitative estimate of drug-likeness (QED) is 0.567. The van der Waals surface area contributed by atoms with Crippen molar-refractivity contribution in [2.45, 2.75) is 38.6 Å². The first-order valence-corrected chi connectivity index (χ1v) is 11.3. The van der Waals surface area contributed by atoms with Gasteiger partial charge in [-0.1, -0.05) is 18.2 Å². The Morgan fingerprint density at radius 1 is 1.03 bits per heavy atom. The fourth-order valence-electron chi connectivity index (χ4n) is 4.31. The van der Waals surface area contributed by atoms with Gasteiger partial charge in [0.25, 0.3) is 5.91 Å². The minimum Gasteiger partial charge on any atom is -0.362 e. The van der Waals surface area contributed by atoms with E-state index in [1.54, 1.807) is 0 Å². The third-order valence-electron chi connectivity index (χ3n) is 6.26. The van der Waals surface area contributed by atoms with E-state index in [4.69, 9.17) is 4.98 Å². The van der Waals surface area contributed by atoms with Gasteiger partial charge in [-0.05, 0) is 62.3 Å². The summed E-state index contributed by atoms with van der Waals surface area (Å²) in [6, 6.07) is 10.9. The lowest BCUT2D eigenvalue weighted by Gasteiger charge is -2.29. The number of aromatic nitrogens is 2. The van der Waals surface area contributed by atoms with Crippen LogP contribution in [-0.4, -0.2) is 42.6 Å². The minimum absolute atomic E-state index is 0.183. The molecule has 0 bridgehead atoms. The SMILES string of the molecule is Cc1ccc(C(=O)NC[C@H]2CC[C@@H](Nc3nc(N(C)C)c4ccccc4n3)CC2)c(F)c1F. The van der Waals surface area contributed by atoms with E-state index in [9.17, 15) is 13.6 Å². The number of rotatable bonds is 6. The second-order valence-corrected chi connectivity index (χ2v) is 8.91. The Morgan fingerprint density at radius 2 is 1.76 bits per heavy atom. The molecule has 6 nitrogen and oxygen atoms in total. The lowest BCUT2D eigenvalue weighted by molar-refractivity contribution is 0.0938. The lowest BCUT2D eigenvalue weighted by atomic mass is 9.86. The largest absolute Gasteiger partial charge is 0.362 e. The molecule has 174 valence electrons. The standard InChI is InChI=1S/C25H29F2N5O/c1-15-8-13-19(22(27)21(15)26)24(33)28-14-16-9-11-17(12-10-16)29-25-30-20-7-5-4-6-18(20)23(31-25)32(2)3/h4-8,13,16-17H,9-12,14H2,1-3H3,(H,28,33)(H,29,30,31)/t16-,17+. The summed E-state index contributed by atoms with van der Waals surface area (Å²) in [5.41, 5.74) is 0.830. The zero-order valence-corrected chi connectivity index (χ0v) is 19.2. The maximum absolute atomic E-state index is 14.1. The summed E-state index contributed by atoms with van der Waals surface area (Å²) >= 11 is 0. The number of nitrogens with zero attached hydrogens (tertiary/aromatic N) is 3. The smallest absolute Gasteiger partial charge is 0.254 e. The Hall–Kier alpha value is -3.29. The molecule has 33 heavy (non-hydrogen) atoms. The number of halogens is 2. The van der Waals surface area contributed by atoms with Gasteiger partial charge in [0.2, 0.25) is 5.95 Å². The number of carbonyl (C=O) groups is 1. The van der Waals surface area contributed by atoms with Crippen LogP contribution in [0.3, 0.4) is 0 Å². The van der Waals surface area contributed by atoms with Crippen LogP contribution in [0.5, 0.6) is 0 Å². The molecule has 0 radical (unpaired) electrons. The summed E-state index contributed by atoms with van der Waals surface area (Å²) in [5.74, 6) is -0.853. The van der Waals surface area contributed by atoms with E-state index in [0.717, 1.165) is 42.4 Å².